The highest BCUT2D eigenvalue weighted by Crippen LogP contribution is 2.48. The van der Waals surface area contributed by atoms with Gasteiger partial charge in [0.25, 0.3) is 0 Å². The molecule has 2 aliphatic heterocycles. The number of ketones is 2. The van der Waals surface area contributed by atoms with Crippen molar-refractivity contribution in [1.82, 2.24) is 5.32 Å². The Morgan fingerprint density at radius 2 is 1.77 bits per heavy atom. The van der Waals surface area contributed by atoms with E-state index in [-0.39, 0.29) is 66.8 Å². The molecule has 2 saturated carbocycles. The number of aromatic hydroxyl groups is 2. The van der Waals surface area contributed by atoms with Gasteiger partial charge < -0.3 is 45.4 Å². The highest BCUT2D eigenvalue weighted by Gasteiger charge is 2.38. The molecule has 358 valence electrons. The van der Waals surface area contributed by atoms with Gasteiger partial charge in [0, 0.05) is 47.3 Å². The van der Waals surface area contributed by atoms with Crippen molar-refractivity contribution in [3.63, 3.8) is 0 Å². The molecule has 4 aromatic carbocycles. The molecule has 2 bridgehead atoms. The number of hydrogen-bond acceptors (Lipinski definition) is 14. The molecule has 5 atom stereocenters. The number of anilines is 1. The van der Waals surface area contributed by atoms with Crippen molar-refractivity contribution in [2.45, 2.75) is 145 Å². The van der Waals surface area contributed by atoms with Crippen molar-refractivity contribution in [3.05, 3.63) is 82.4 Å². The smallest absolute Gasteiger partial charge is 0.168 e. The zero-order chi connectivity index (χ0) is 46.8. The molecule has 66 heavy (non-hydrogen) atoms. The van der Waals surface area contributed by atoms with Crippen LogP contribution >= 0.6 is 21.6 Å². The fourth-order valence-corrected chi connectivity index (χ4v) is 13.2. The number of hydrogen-bond donors (Lipinski definition) is 8. The largest absolute Gasteiger partial charge is 0.508 e. The van der Waals surface area contributed by atoms with Crippen LogP contribution in [0, 0.1) is 5.92 Å². The maximum atomic E-state index is 14.5. The number of Topliss-reactive ketones (excluding diaryl/α,β-unsaturated/α-hetero) is 2. The number of ether oxygens (including phenoxy) is 2. The molecule has 2 heterocycles. The lowest BCUT2D eigenvalue weighted by molar-refractivity contribution is -0.128. The van der Waals surface area contributed by atoms with Crippen molar-refractivity contribution >= 4 is 49.6 Å². The molecule has 2 aliphatic carbocycles. The van der Waals surface area contributed by atoms with Gasteiger partial charge in [0.15, 0.2) is 11.5 Å². The molecule has 4 aromatic rings. The highest BCUT2D eigenvalue weighted by molar-refractivity contribution is 8.76. The van der Waals surface area contributed by atoms with Gasteiger partial charge in [-0.05, 0) is 153 Å². The van der Waals surface area contributed by atoms with Crippen LogP contribution in [-0.4, -0.2) is 92.1 Å². The first-order valence-corrected chi connectivity index (χ1v) is 26.1. The maximum Gasteiger partial charge on any atom is 0.168 e. The lowest BCUT2D eigenvalue weighted by atomic mass is 9.81. The first-order chi connectivity index (χ1) is 31.9. The number of fused-ring (bicyclic) bond motifs is 9. The number of phenolic OH excluding ortho intramolecular Hbond substituents is 2. The summed E-state index contributed by atoms with van der Waals surface area (Å²) in [6.45, 7) is 1.76. The van der Waals surface area contributed by atoms with Crippen LogP contribution in [-0.2, 0) is 39.5 Å². The number of aliphatic hydroxyl groups excluding tert-OH is 3. The third-order valence-electron chi connectivity index (χ3n) is 13.8. The van der Waals surface area contributed by atoms with E-state index in [1.807, 2.05) is 36.4 Å². The summed E-state index contributed by atoms with van der Waals surface area (Å²) >= 11 is 0. The van der Waals surface area contributed by atoms with Gasteiger partial charge >= 0.3 is 0 Å². The molecule has 0 saturated heterocycles. The Kier molecular flexibility index (Phi) is 17.8. The molecule has 5 unspecified atom stereocenters. The third kappa shape index (κ3) is 12.4. The number of carbonyl (C=O) groups excluding carboxylic acids is 2. The number of aliphatic hydroxyl groups is 4. The second kappa shape index (κ2) is 23.4. The van der Waals surface area contributed by atoms with E-state index in [1.54, 1.807) is 39.8 Å². The van der Waals surface area contributed by atoms with E-state index in [1.165, 1.54) is 14.0 Å². The normalized spacial score (nSPS) is 21.8. The Morgan fingerprint density at radius 3 is 2.52 bits per heavy atom. The van der Waals surface area contributed by atoms with Crippen LogP contribution in [0.2, 0.25) is 0 Å². The van der Waals surface area contributed by atoms with Crippen LogP contribution in [0.25, 0.3) is 21.9 Å². The Labute approximate surface area is 396 Å². The summed E-state index contributed by atoms with van der Waals surface area (Å²) in [4.78, 5) is 26.5. The van der Waals surface area contributed by atoms with Crippen molar-refractivity contribution in [2.24, 2.45) is 5.92 Å². The van der Waals surface area contributed by atoms with Crippen LogP contribution in [0.3, 0.4) is 0 Å². The summed E-state index contributed by atoms with van der Waals surface area (Å²) in [6, 6.07) is 16.6. The van der Waals surface area contributed by atoms with Crippen LogP contribution in [0.15, 0.2) is 54.6 Å². The fraction of sp³-hybridized carbons (Fsp3) is 0.538. The number of nitrogens with one attached hydrogen (secondary N) is 2. The third-order valence-corrected chi connectivity index (χ3v) is 16.7. The number of benzene rings is 4. The number of aryl methyl sites for hydroxylation is 2. The topological polar surface area (TPSA) is 198 Å². The van der Waals surface area contributed by atoms with Gasteiger partial charge in [-0.2, -0.15) is 0 Å². The van der Waals surface area contributed by atoms with E-state index < -0.39 is 24.0 Å². The van der Waals surface area contributed by atoms with Crippen LogP contribution in [0.5, 0.6) is 17.2 Å². The fourth-order valence-electron chi connectivity index (χ4n) is 10.3. The number of carbonyl (C=O) groups is 2. The summed E-state index contributed by atoms with van der Waals surface area (Å²) in [5, 5.41) is 74.2. The summed E-state index contributed by atoms with van der Waals surface area (Å²) in [7, 11) is 4.82. The maximum absolute atomic E-state index is 14.5. The molecule has 2 fully saturated rings. The van der Waals surface area contributed by atoms with Crippen LogP contribution in [0.1, 0.15) is 124 Å². The molecule has 4 aliphatic rings. The number of phenols is 2. The van der Waals surface area contributed by atoms with Crippen LogP contribution in [0.4, 0.5) is 5.69 Å². The minimum Gasteiger partial charge on any atom is -0.508 e. The molecule has 8 rings (SSSR count). The van der Waals surface area contributed by atoms with Crippen molar-refractivity contribution in [2.75, 3.05) is 32.1 Å². The average Bonchev–Trinajstić information content (AvgIpc) is 3.30. The van der Waals surface area contributed by atoms with Gasteiger partial charge in [-0.15, -0.1) is 0 Å². The van der Waals surface area contributed by atoms with E-state index in [0.29, 0.717) is 79.8 Å². The SMILES string of the molecule is COc1c(O)ccc2c1-c1ccc3ccc(O)cc3c1CSSC1CCC(CC1O)C(OC(NCCCC1(O)CCCCC1)c1cc(CO)c(NCC(C)=O)cc1CCCO)CC(=O)CC2. The zero-order valence-corrected chi connectivity index (χ0v) is 40.0. The first kappa shape index (κ1) is 50.0. The van der Waals surface area contributed by atoms with Crippen molar-refractivity contribution in [1.29, 1.82) is 0 Å². The molecule has 8 N–H and O–H groups in total. The van der Waals surface area contributed by atoms with Gasteiger partial charge in [-0.1, -0.05) is 65.1 Å². The highest BCUT2D eigenvalue weighted by atomic mass is 33.1. The van der Waals surface area contributed by atoms with Gasteiger partial charge in [0.05, 0.1) is 38.1 Å². The van der Waals surface area contributed by atoms with Gasteiger partial charge in [0.1, 0.15) is 23.5 Å². The van der Waals surface area contributed by atoms with E-state index in [9.17, 15) is 40.2 Å². The van der Waals surface area contributed by atoms with Gasteiger partial charge in [0.2, 0.25) is 0 Å². The predicted octanol–water partition coefficient (Wildman–Crippen LogP) is 8.81. The molecule has 14 heteroatoms. The molecule has 0 aromatic heterocycles. The summed E-state index contributed by atoms with van der Waals surface area (Å²) in [5.41, 5.74) is 5.45. The predicted molar refractivity (Wildman–Crippen MR) is 263 cm³/mol. The van der Waals surface area contributed by atoms with E-state index in [2.05, 4.69) is 10.6 Å². The summed E-state index contributed by atoms with van der Waals surface area (Å²) in [5.74, 6) is 0.740. The number of methoxy groups -OCH3 is 1. The Bertz CT molecular complexity index is 2300. The van der Waals surface area contributed by atoms with Crippen molar-refractivity contribution in [3.8, 4) is 28.4 Å². The standard InChI is InChI=1S/C52H68N2O10S2/c1-32(57)29-54-44-25-35(8-6-23-55)42(24-37(44)30-56)51(53-22-7-21-52(62)19-4-3-5-20-52)64-47-28-39(59)15-10-34-12-17-45(60)50(63-2)49(34)40-16-11-33-9-14-38(58)27-41(33)43(40)31-65-66-48-18-13-36(47)26-46(48)61/h9,11-12,14,16-17,24-25,27,36,46-48,51,53-56,58,60-62H,3-8,10,13,15,18-23,26,28-31H2,1-2H3. The van der Waals surface area contributed by atoms with Crippen LogP contribution < -0.4 is 15.4 Å². The molecule has 0 spiro atoms. The molecule has 0 amide bonds. The molecular formula is C52H68N2O10S2. The molecular weight excluding hydrogens is 877 g/mol. The molecule has 0 radical (unpaired) electrons. The monoisotopic (exact) mass is 944 g/mol. The minimum absolute atomic E-state index is 0.0195. The number of rotatable bonds is 16. The van der Waals surface area contributed by atoms with E-state index in [4.69, 9.17) is 9.47 Å². The summed E-state index contributed by atoms with van der Waals surface area (Å²) < 4.78 is 13.1. The van der Waals surface area contributed by atoms with Gasteiger partial charge in [-0.3, -0.25) is 14.9 Å². The lowest BCUT2D eigenvalue weighted by Gasteiger charge is -2.38. The summed E-state index contributed by atoms with van der Waals surface area (Å²) in [6.07, 6.45) is 7.51. The quantitative estimate of drug-likeness (QED) is 0.0301. The average molecular weight is 945 g/mol. The van der Waals surface area contributed by atoms with E-state index >= 15 is 0 Å². The zero-order valence-electron chi connectivity index (χ0n) is 38.4. The molecule has 12 nitrogen and oxygen atoms in total. The van der Waals surface area contributed by atoms with Gasteiger partial charge in [-0.25, -0.2) is 0 Å². The Hall–Kier alpha value is -3.86. The Morgan fingerprint density at radius 1 is 0.970 bits per heavy atom. The van der Waals surface area contributed by atoms with Crippen molar-refractivity contribution < 1.29 is 49.7 Å². The first-order valence-electron chi connectivity index (χ1n) is 23.7. The second-order valence-electron chi connectivity index (χ2n) is 18.6. The lowest BCUT2D eigenvalue weighted by Crippen LogP contribution is -2.41. The van der Waals surface area contributed by atoms with E-state index in [0.717, 1.165) is 77.1 Å². The second-order valence-corrected chi connectivity index (χ2v) is 21.2. The Balaban J connectivity index is 1.24. The minimum atomic E-state index is -0.742.